The molecule has 0 N–H and O–H groups in total. The van der Waals surface area contributed by atoms with Crippen LogP contribution in [-0.4, -0.2) is 21.6 Å². The monoisotopic (exact) mass is 385 g/mol. The minimum atomic E-state index is 0.801. The zero-order valence-corrected chi connectivity index (χ0v) is 15.9. The van der Waals surface area contributed by atoms with Crippen molar-refractivity contribution in [3.05, 3.63) is 65.2 Å². The second-order valence-corrected chi connectivity index (χ2v) is 7.94. The largest absolute Gasteiger partial charge is 0.497 e. The Bertz CT molecular complexity index is 942. The molecule has 0 fully saturated rings. The van der Waals surface area contributed by atoms with Crippen LogP contribution in [0.4, 0.5) is 0 Å². The molecule has 0 saturated carbocycles. The molecule has 126 valence electrons. The van der Waals surface area contributed by atoms with Crippen molar-refractivity contribution in [2.45, 2.75) is 10.9 Å². The van der Waals surface area contributed by atoms with Crippen molar-refractivity contribution in [3.63, 3.8) is 0 Å². The first-order valence-corrected chi connectivity index (χ1v) is 10.4. The summed E-state index contributed by atoms with van der Waals surface area (Å²) in [4.78, 5) is 10.4. The molecule has 3 heterocycles. The number of benzene rings is 1. The van der Waals surface area contributed by atoms with E-state index < -0.39 is 0 Å². The first kappa shape index (κ1) is 16.4. The zero-order chi connectivity index (χ0) is 17.1. The van der Waals surface area contributed by atoms with Crippen LogP contribution in [0.25, 0.3) is 15.6 Å². The molecule has 25 heavy (non-hydrogen) atoms. The standard InChI is InChI=1S/C18H15N3OS3/c1-22-15-6-4-14(5-7-15)21-9-8-19-18(21)25-12-13-11-24-17(20-13)16-3-2-10-23-16/h2-11H,12H2,1H3. The Balaban J connectivity index is 1.48. The van der Waals surface area contributed by atoms with Crippen molar-refractivity contribution < 1.29 is 4.74 Å². The van der Waals surface area contributed by atoms with Crippen LogP contribution in [-0.2, 0) is 5.75 Å². The number of rotatable bonds is 6. The van der Waals surface area contributed by atoms with Crippen LogP contribution >= 0.6 is 34.4 Å². The molecule has 0 radical (unpaired) electrons. The zero-order valence-electron chi connectivity index (χ0n) is 13.5. The second kappa shape index (κ2) is 7.43. The van der Waals surface area contributed by atoms with E-state index >= 15 is 0 Å². The molecule has 0 amide bonds. The van der Waals surface area contributed by atoms with Gasteiger partial charge in [-0.2, -0.15) is 0 Å². The first-order chi connectivity index (χ1) is 12.3. The summed E-state index contributed by atoms with van der Waals surface area (Å²) in [6, 6.07) is 12.1. The Kier molecular flexibility index (Phi) is 4.87. The van der Waals surface area contributed by atoms with E-state index in [0.29, 0.717) is 0 Å². The van der Waals surface area contributed by atoms with Crippen LogP contribution in [0.1, 0.15) is 5.69 Å². The predicted octanol–water partition coefficient (Wildman–Crippen LogP) is 5.36. The van der Waals surface area contributed by atoms with Crippen LogP contribution in [0.15, 0.2) is 64.7 Å². The highest BCUT2D eigenvalue weighted by Gasteiger charge is 2.10. The van der Waals surface area contributed by atoms with Gasteiger partial charge in [0, 0.05) is 29.2 Å². The average Bonchev–Trinajstić information content (AvgIpc) is 3.40. The molecule has 0 saturated heterocycles. The molecule has 0 aliphatic rings. The van der Waals surface area contributed by atoms with Gasteiger partial charge < -0.3 is 4.74 Å². The molecule has 4 nitrogen and oxygen atoms in total. The summed E-state index contributed by atoms with van der Waals surface area (Å²) in [7, 11) is 1.67. The third-order valence-corrected chi connectivity index (χ3v) is 6.52. The van der Waals surface area contributed by atoms with Gasteiger partial charge in [-0.15, -0.1) is 22.7 Å². The van der Waals surface area contributed by atoms with E-state index in [-0.39, 0.29) is 0 Å². The van der Waals surface area contributed by atoms with Crippen molar-refractivity contribution >= 4 is 34.4 Å². The van der Waals surface area contributed by atoms with E-state index in [1.807, 2.05) is 36.7 Å². The lowest BCUT2D eigenvalue weighted by Crippen LogP contribution is -1.95. The van der Waals surface area contributed by atoms with Gasteiger partial charge in [-0.1, -0.05) is 17.8 Å². The van der Waals surface area contributed by atoms with Crippen molar-refractivity contribution in [3.8, 4) is 21.3 Å². The molecule has 3 aromatic heterocycles. The molecular formula is C18H15N3OS3. The molecule has 0 unspecified atom stereocenters. The predicted molar refractivity (Wildman–Crippen MR) is 105 cm³/mol. The number of thioether (sulfide) groups is 1. The fourth-order valence-electron chi connectivity index (χ4n) is 2.36. The molecule has 0 atom stereocenters. The molecule has 0 aliphatic carbocycles. The van der Waals surface area contributed by atoms with Gasteiger partial charge in [-0.25, -0.2) is 9.97 Å². The highest BCUT2D eigenvalue weighted by Crippen LogP contribution is 2.30. The topological polar surface area (TPSA) is 39.9 Å². The SMILES string of the molecule is COc1ccc(-n2ccnc2SCc2csc(-c3cccs3)n2)cc1. The quantitative estimate of drug-likeness (QED) is 0.419. The summed E-state index contributed by atoms with van der Waals surface area (Å²) < 4.78 is 7.30. The van der Waals surface area contributed by atoms with Crippen LogP contribution < -0.4 is 4.74 Å². The van der Waals surface area contributed by atoms with Crippen LogP contribution in [0.3, 0.4) is 0 Å². The van der Waals surface area contributed by atoms with Gasteiger partial charge in [-0.3, -0.25) is 4.57 Å². The summed E-state index contributed by atoms with van der Waals surface area (Å²) in [5, 5.41) is 6.25. The number of hydrogen-bond acceptors (Lipinski definition) is 6. The molecule has 4 rings (SSSR count). The van der Waals surface area contributed by atoms with Gasteiger partial charge in [0.2, 0.25) is 0 Å². The number of methoxy groups -OCH3 is 1. The summed E-state index contributed by atoms with van der Waals surface area (Å²) in [5.74, 6) is 1.65. The van der Waals surface area contributed by atoms with Gasteiger partial charge >= 0.3 is 0 Å². The number of thiophene rings is 1. The Morgan fingerprint density at radius 3 is 2.80 bits per heavy atom. The Hall–Kier alpha value is -2.09. The van der Waals surface area contributed by atoms with Gasteiger partial charge in [0.25, 0.3) is 0 Å². The number of imidazole rings is 1. The summed E-state index contributed by atoms with van der Waals surface area (Å²) in [6.45, 7) is 0. The third-order valence-electron chi connectivity index (χ3n) is 3.59. The molecule has 1 aromatic carbocycles. The summed E-state index contributed by atoms with van der Waals surface area (Å²) in [6.07, 6.45) is 3.80. The minimum Gasteiger partial charge on any atom is -0.497 e. The van der Waals surface area contributed by atoms with E-state index in [1.165, 1.54) is 4.88 Å². The molecule has 4 aromatic rings. The molecule has 0 aliphatic heterocycles. The summed E-state index contributed by atoms with van der Waals surface area (Å²) in [5.41, 5.74) is 2.15. The van der Waals surface area contributed by atoms with E-state index in [2.05, 4.69) is 32.4 Å². The second-order valence-electron chi connectivity index (χ2n) is 5.19. The smallest absolute Gasteiger partial charge is 0.172 e. The number of hydrogen-bond donors (Lipinski definition) is 0. The minimum absolute atomic E-state index is 0.801. The van der Waals surface area contributed by atoms with Gasteiger partial charge in [0.15, 0.2) is 5.16 Å². The lowest BCUT2D eigenvalue weighted by molar-refractivity contribution is 0.414. The van der Waals surface area contributed by atoms with E-state index in [4.69, 9.17) is 9.72 Å². The highest BCUT2D eigenvalue weighted by atomic mass is 32.2. The fraction of sp³-hybridized carbons (Fsp3) is 0.111. The normalized spacial score (nSPS) is 10.9. The van der Waals surface area contributed by atoms with Crippen LogP contribution in [0.2, 0.25) is 0 Å². The average molecular weight is 386 g/mol. The Morgan fingerprint density at radius 1 is 1.16 bits per heavy atom. The van der Waals surface area contributed by atoms with E-state index in [1.54, 1.807) is 41.5 Å². The molecule has 7 heteroatoms. The van der Waals surface area contributed by atoms with Crippen LogP contribution in [0, 0.1) is 0 Å². The van der Waals surface area contributed by atoms with Gasteiger partial charge in [-0.05, 0) is 35.7 Å². The first-order valence-electron chi connectivity index (χ1n) is 7.62. The maximum absolute atomic E-state index is 5.22. The fourth-order valence-corrected chi connectivity index (χ4v) is 4.97. The van der Waals surface area contributed by atoms with Crippen molar-refractivity contribution in [2.75, 3.05) is 7.11 Å². The van der Waals surface area contributed by atoms with Crippen molar-refractivity contribution in [1.29, 1.82) is 0 Å². The lowest BCUT2D eigenvalue weighted by atomic mass is 10.3. The highest BCUT2D eigenvalue weighted by molar-refractivity contribution is 7.98. The number of nitrogens with zero attached hydrogens (tertiary/aromatic N) is 3. The van der Waals surface area contributed by atoms with Crippen molar-refractivity contribution in [2.24, 2.45) is 0 Å². The molecular weight excluding hydrogens is 370 g/mol. The van der Waals surface area contributed by atoms with E-state index in [0.717, 1.165) is 33.0 Å². The van der Waals surface area contributed by atoms with Crippen molar-refractivity contribution in [1.82, 2.24) is 14.5 Å². The van der Waals surface area contributed by atoms with Gasteiger partial charge in [0.05, 0.1) is 17.7 Å². The summed E-state index contributed by atoms with van der Waals surface area (Å²) >= 11 is 5.11. The van der Waals surface area contributed by atoms with Gasteiger partial charge in [0.1, 0.15) is 10.8 Å². The van der Waals surface area contributed by atoms with Crippen LogP contribution in [0.5, 0.6) is 5.75 Å². The number of ether oxygens (including phenoxy) is 1. The van der Waals surface area contributed by atoms with E-state index in [9.17, 15) is 0 Å². The maximum Gasteiger partial charge on any atom is 0.172 e. The number of thiazole rings is 1. The number of aromatic nitrogens is 3. The Labute approximate surface area is 158 Å². The lowest BCUT2D eigenvalue weighted by Gasteiger charge is -2.07. The molecule has 0 spiro atoms. The molecule has 0 bridgehead atoms. The maximum atomic E-state index is 5.22. The third kappa shape index (κ3) is 3.63. The Morgan fingerprint density at radius 2 is 2.04 bits per heavy atom.